The molecule has 0 aromatic rings. The fourth-order valence-corrected chi connectivity index (χ4v) is 1.72. The van der Waals surface area contributed by atoms with Gasteiger partial charge in [-0.15, -0.1) is 0 Å². The Balaban J connectivity index is 0.00000169. The minimum Gasteiger partial charge on any atom is -0.479 e. The molecule has 0 bridgehead atoms. The van der Waals surface area contributed by atoms with E-state index in [4.69, 9.17) is 10.5 Å². The van der Waals surface area contributed by atoms with Gasteiger partial charge in [0.25, 0.3) is 0 Å². The first-order valence-corrected chi connectivity index (χ1v) is 4.85. The maximum Gasteiger partial charge on any atom is 0.169 e. The predicted octanol–water partition coefficient (Wildman–Crippen LogP) is 2.04. The molecule has 0 amide bonds. The third-order valence-electron chi connectivity index (χ3n) is 2.36. The second-order valence-corrected chi connectivity index (χ2v) is 4.08. The van der Waals surface area contributed by atoms with E-state index in [0.29, 0.717) is 11.8 Å². The average Bonchev–Trinajstić information content (AvgIpc) is 2.02. The zero-order valence-electron chi connectivity index (χ0n) is 9.87. The Hall–Kier alpha value is -0.163. The van der Waals surface area contributed by atoms with Crippen LogP contribution in [0.4, 0.5) is 0 Å². The molecule has 0 spiro atoms. The van der Waals surface area contributed by atoms with Gasteiger partial charge in [-0.2, -0.15) is 0 Å². The number of nitrogens with two attached hydrogens (primary N) is 1. The minimum atomic E-state index is -0.248. The van der Waals surface area contributed by atoms with Crippen molar-refractivity contribution in [1.29, 1.82) is 0 Å². The molecule has 1 heterocycles. The quantitative estimate of drug-likeness (QED) is 0.673. The van der Waals surface area contributed by atoms with E-state index in [1.165, 1.54) is 11.1 Å². The number of hydrogen-bond acceptors (Lipinski definition) is 2. The molecule has 0 aliphatic carbocycles. The van der Waals surface area contributed by atoms with Crippen molar-refractivity contribution in [1.82, 2.24) is 0 Å². The molecule has 1 aliphatic rings. The first kappa shape index (κ1) is 13.8. The van der Waals surface area contributed by atoms with Gasteiger partial charge in [-0.1, -0.05) is 27.7 Å². The molecular weight excluding hydrogens is 169 g/mol. The van der Waals surface area contributed by atoms with E-state index in [-0.39, 0.29) is 25.1 Å². The first-order valence-electron chi connectivity index (χ1n) is 4.85. The van der Waals surface area contributed by atoms with Crippen LogP contribution in [0.2, 0.25) is 0 Å². The Labute approximate surface area is 98.8 Å². The average molecular weight is 188 g/mol. The van der Waals surface area contributed by atoms with E-state index in [1.807, 2.05) is 6.08 Å². The van der Waals surface area contributed by atoms with Gasteiger partial charge in [0.05, 0.1) is 6.26 Å². The van der Waals surface area contributed by atoms with Crippen molar-refractivity contribution < 1.29 is 4.74 Å². The molecule has 0 saturated carbocycles. The SMILES string of the molecule is CC(C)C1=C(C(C)C)C(N)OC=C1.[Li]. The summed E-state index contributed by atoms with van der Waals surface area (Å²) < 4.78 is 5.27. The topological polar surface area (TPSA) is 35.2 Å². The summed E-state index contributed by atoms with van der Waals surface area (Å²) >= 11 is 0. The van der Waals surface area contributed by atoms with E-state index >= 15 is 0 Å². The molecule has 0 aromatic carbocycles. The van der Waals surface area contributed by atoms with Gasteiger partial charge >= 0.3 is 0 Å². The van der Waals surface area contributed by atoms with E-state index in [1.54, 1.807) is 6.26 Å². The van der Waals surface area contributed by atoms with Gasteiger partial charge in [0.2, 0.25) is 0 Å². The Morgan fingerprint density at radius 2 is 1.79 bits per heavy atom. The van der Waals surface area contributed by atoms with Crippen LogP contribution in [0, 0.1) is 11.8 Å². The molecular formula is C11H19LiNO. The van der Waals surface area contributed by atoms with Gasteiger partial charge in [-0.3, -0.25) is 5.73 Å². The molecule has 0 saturated heterocycles. The smallest absolute Gasteiger partial charge is 0.169 e. The monoisotopic (exact) mass is 188 g/mol. The second kappa shape index (κ2) is 5.65. The fourth-order valence-electron chi connectivity index (χ4n) is 1.72. The third kappa shape index (κ3) is 2.92. The molecule has 1 atom stereocenters. The summed E-state index contributed by atoms with van der Waals surface area (Å²) in [5, 5.41) is 0. The van der Waals surface area contributed by atoms with Gasteiger partial charge < -0.3 is 4.74 Å². The van der Waals surface area contributed by atoms with E-state index in [9.17, 15) is 0 Å². The van der Waals surface area contributed by atoms with Crippen LogP contribution in [0.5, 0.6) is 0 Å². The molecule has 3 heteroatoms. The van der Waals surface area contributed by atoms with Gasteiger partial charge in [-0.05, 0) is 29.1 Å². The van der Waals surface area contributed by atoms with Crippen LogP contribution in [-0.4, -0.2) is 25.1 Å². The summed E-state index contributed by atoms with van der Waals surface area (Å²) in [7, 11) is 0. The van der Waals surface area contributed by atoms with Crippen LogP contribution >= 0.6 is 0 Å². The van der Waals surface area contributed by atoms with Gasteiger partial charge in [0, 0.05) is 18.9 Å². The summed E-state index contributed by atoms with van der Waals surface area (Å²) in [4.78, 5) is 0. The van der Waals surface area contributed by atoms with Crippen molar-refractivity contribution >= 4 is 18.9 Å². The zero-order valence-corrected chi connectivity index (χ0v) is 9.87. The summed E-state index contributed by atoms with van der Waals surface area (Å²) in [5.41, 5.74) is 8.44. The van der Waals surface area contributed by atoms with Gasteiger partial charge in [-0.25, -0.2) is 0 Å². The van der Waals surface area contributed by atoms with Crippen LogP contribution in [-0.2, 0) is 4.74 Å². The fraction of sp³-hybridized carbons (Fsp3) is 0.636. The molecule has 2 nitrogen and oxygen atoms in total. The molecule has 0 aromatic heterocycles. The number of hydrogen-bond donors (Lipinski definition) is 1. The number of allylic oxidation sites excluding steroid dienone is 2. The molecule has 1 radical (unpaired) electrons. The van der Waals surface area contributed by atoms with E-state index < -0.39 is 0 Å². The Morgan fingerprint density at radius 1 is 1.21 bits per heavy atom. The van der Waals surface area contributed by atoms with Crippen molar-refractivity contribution in [2.45, 2.75) is 33.9 Å². The molecule has 1 aliphatic heterocycles. The number of ether oxygens (including phenoxy) is 1. The number of rotatable bonds is 2. The summed E-state index contributed by atoms with van der Waals surface area (Å²) in [5.74, 6) is 0.973. The van der Waals surface area contributed by atoms with Crippen molar-refractivity contribution in [2.24, 2.45) is 17.6 Å². The molecule has 14 heavy (non-hydrogen) atoms. The molecule has 75 valence electrons. The molecule has 1 rings (SSSR count). The maximum atomic E-state index is 5.88. The second-order valence-electron chi connectivity index (χ2n) is 4.08. The molecule has 1 unspecified atom stereocenters. The largest absolute Gasteiger partial charge is 0.479 e. The summed E-state index contributed by atoms with van der Waals surface area (Å²) in [6, 6.07) is 0. The van der Waals surface area contributed by atoms with Gasteiger partial charge in [0.15, 0.2) is 6.23 Å². The zero-order chi connectivity index (χ0) is 10.0. The van der Waals surface area contributed by atoms with Crippen LogP contribution in [0.15, 0.2) is 23.5 Å². The van der Waals surface area contributed by atoms with Crippen LogP contribution < -0.4 is 5.73 Å². The van der Waals surface area contributed by atoms with Crippen LogP contribution in [0.1, 0.15) is 27.7 Å². The summed E-state index contributed by atoms with van der Waals surface area (Å²) in [6.07, 6.45) is 3.48. The van der Waals surface area contributed by atoms with Crippen molar-refractivity contribution in [3.63, 3.8) is 0 Å². The van der Waals surface area contributed by atoms with Crippen LogP contribution in [0.25, 0.3) is 0 Å². The standard InChI is InChI=1S/C11H19NO.Li/c1-7(2)9-5-6-13-11(12)10(9)8(3)4;/h5-8,11H,12H2,1-4H3;. The van der Waals surface area contributed by atoms with Crippen molar-refractivity contribution in [3.8, 4) is 0 Å². The first-order chi connectivity index (χ1) is 6.04. The minimum absolute atomic E-state index is 0. The molecule has 2 N–H and O–H groups in total. The van der Waals surface area contributed by atoms with Crippen LogP contribution in [0.3, 0.4) is 0 Å². The Morgan fingerprint density at radius 3 is 2.14 bits per heavy atom. The Bertz CT molecular complexity index is 244. The third-order valence-corrected chi connectivity index (χ3v) is 2.36. The molecule has 0 fully saturated rings. The normalized spacial score (nSPS) is 21.2. The summed E-state index contributed by atoms with van der Waals surface area (Å²) in [6.45, 7) is 8.67. The Kier molecular flexibility index (Phi) is 5.59. The van der Waals surface area contributed by atoms with Gasteiger partial charge in [0.1, 0.15) is 0 Å². The van der Waals surface area contributed by atoms with Crippen molar-refractivity contribution in [3.05, 3.63) is 23.5 Å². The predicted molar refractivity (Wildman–Crippen MR) is 60.7 cm³/mol. The van der Waals surface area contributed by atoms with E-state index in [2.05, 4.69) is 27.7 Å². The van der Waals surface area contributed by atoms with Crippen molar-refractivity contribution in [2.75, 3.05) is 0 Å². The van der Waals surface area contributed by atoms with E-state index in [0.717, 1.165) is 0 Å². The maximum absolute atomic E-state index is 5.88.